The first-order chi connectivity index (χ1) is 16.4. The van der Waals surface area contributed by atoms with E-state index in [1.54, 1.807) is 24.3 Å². The van der Waals surface area contributed by atoms with Gasteiger partial charge in [-0.1, -0.05) is 44.5 Å². The molecule has 2 heterocycles. The number of aromatic nitrogens is 4. The largest absolute Gasteiger partial charge is 0.494 e. The number of nitrogens with zero attached hydrogens (tertiary/aromatic N) is 3. The van der Waals surface area contributed by atoms with Crippen molar-refractivity contribution >= 4 is 11.9 Å². The van der Waals surface area contributed by atoms with E-state index in [0.717, 1.165) is 23.7 Å². The number of tetrazole rings is 1. The third-order valence-corrected chi connectivity index (χ3v) is 5.45. The normalized spacial score (nSPS) is 17.3. The van der Waals surface area contributed by atoms with E-state index in [0.29, 0.717) is 17.9 Å². The number of aromatic amines is 1. The molecule has 0 spiro atoms. The number of H-pyrrole nitrogens is 1. The van der Waals surface area contributed by atoms with Crippen LogP contribution < -0.4 is 19.9 Å². The maximum absolute atomic E-state index is 13.0. The summed E-state index contributed by atoms with van der Waals surface area (Å²) in [4.78, 5) is 13.0. The Hall–Kier alpha value is -3.72. The van der Waals surface area contributed by atoms with Crippen LogP contribution in [0.5, 0.6) is 17.2 Å². The number of hydrogen-bond donors (Lipinski definition) is 2. The molecule has 3 N–H and O–H groups in total. The van der Waals surface area contributed by atoms with Gasteiger partial charge in [-0.2, -0.15) is 5.21 Å². The van der Waals surface area contributed by atoms with Gasteiger partial charge in [0.1, 0.15) is 12.4 Å². The summed E-state index contributed by atoms with van der Waals surface area (Å²) in [6, 6.07) is 12.7. The summed E-state index contributed by atoms with van der Waals surface area (Å²) in [5, 5.41) is 13.6. The standard InChI is InChI=1S/C25H29N5O4/c1-17(2)6-3-4-15-32-19-12-9-18(10-13-19)11-14-21(31)20-7-5-8-22-23(20)34-25(26,16-33-22)24-27-29-30-28-24/h5,7-14,17H,3-4,6,15-16,26H2,1-2H3,(H,27,28,29,30). The number of rotatable bonds is 10. The van der Waals surface area contributed by atoms with Crippen LogP contribution in [-0.4, -0.2) is 39.6 Å². The van der Waals surface area contributed by atoms with Gasteiger partial charge in [0.15, 0.2) is 17.3 Å². The van der Waals surface area contributed by atoms with Gasteiger partial charge >= 0.3 is 0 Å². The van der Waals surface area contributed by atoms with E-state index in [1.807, 2.05) is 24.3 Å². The highest BCUT2D eigenvalue weighted by Crippen LogP contribution is 2.39. The number of unbranched alkanes of at least 4 members (excludes halogenated alkanes) is 1. The molecule has 1 atom stereocenters. The molecule has 0 amide bonds. The third-order valence-electron chi connectivity index (χ3n) is 5.45. The van der Waals surface area contributed by atoms with Gasteiger partial charge in [-0.05, 0) is 59.9 Å². The topological polar surface area (TPSA) is 125 Å². The van der Waals surface area contributed by atoms with Crippen LogP contribution in [0, 0.1) is 5.92 Å². The molecule has 1 aromatic heterocycles. The predicted molar refractivity (Wildman–Crippen MR) is 127 cm³/mol. The molecule has 2 aromatic carbocycles. The molecule has 1 aliphatic heterocycles. The minimum atomic E-state index is -1.45. The fourth-order valence-corrected chi connectivity index (χ4v) is 3.56. The number of carbonyl (C=O) groups excluding carboxylic acids is 1. The predicted octanol–water partition coefficient (Wildman–Crippen LogP) is 3.88. The average Bonchev–Trinajstić information content (AvgIpc) is 3.39. The number of para-hydroxylation sites is 1. The Morgan fingerprint density at radius 2 is 2.06 bits per heavy atom. The van der Waals surface area contributed by atoms with Gasteiger partial charge in [-0.25, -0.2) is 0 Å². The molecule has 0 fully saturated rings. The average molecular weight is 464 g/mol. The molecular weight excluding hydrogens is 434 g/mol. The minimum absolute atomic E-state index is 0.0147. The Balaban J connectivity index is 1.39. The minimum Gasteiger partial charge on any atom is -0.494 e. The lowest BCUT2D eigenvalue weighted by Gasteiger charge is -2.33. The van der Waals surface area contributed by atoms with Gasteiger partial charge < -0.3 is 14.2 Å². The summed E-state index contributed by atoms with van der Waals surface area (Å²) >= 11 is 0. The summed E-state index contributed by atoms with van der Waals surface area (Å²) in [5.41, 5.74) is 6.03. The smallest absolute Gasteiger partial charge is 0.257 e. The molecule has 34 heavy (non-hydrogen) atoms. The lowest BCUT2D eigenvalue weighted by molar-refractivity contribution is -0.0154. The lowest BCUT2D eigenvalue weighted by Crippen LogP contribution is -2.51. The summed E-state index contributed by atoms with van der Waals surface area (Å²) in [6.45, 7) is 5.15. The first kappa shape index (κ1) is 23.4. The van der Waals surface area contributed by atoms with Crippen LogP contribution in [0.15, 0.2) is 48.5 Å². The number of ketones is 1. The SMILES string of the molecule is CC(C)CCCCOc1ccc(C=CC(=O)c2cccc3c2OC(N)(c2nn[nH]n2)CO3)cc1. The molecule has 3 aromatic rings. The highest BCUT2D eigenvalue weighted by molar-refractivity contribution is 6.09. The van der Waals surface area contributed by atoms with Gasteiger partial charge in [0.25, 0.3) is 5.72 Å². The molecule has 0 saturated heterocycles. The second kappa shape index (κ2) is 10.5. The fourth-order valence-electron chi connectivity index (χ4n) is 3.56. The van der Waals surface area contributed by atoms with Crippen LogP contribution in [0.1, 0.15) is 54.9 Å². The molecule has 0 saturated carbocycles. The molecule has 0 aliphatic carbocycles. The zero-order chi connectivity index (χ0) is 24.0. The summed E-state index contributed by atoms with van der Waals surface area (Å²) < 4.78 is 17.5. The maximum atomic E-state index is 13.0. The van der Waals surface area contributed by atoms with Gasteiger partial charge in [0.2, 0.25) is 5.82 Å². The van der Waals surface area contributed by atoms with E-state index in [4.69, 9.17) is 19.9 Å². The number of allylic oxidation sites excluding steroid dienone is 1. The van der Waals surface area contributed by atoms with Crippen molar-refractivity contribution in [2.24, 2.45) is 11.7 Å². The van der Waals surface area contributed by atoms with Crippen LogP contribution in [0.2, 0.25) is 0 Å². The van der Waals surface area contributed by atoms with E-state index in [1.165, 1.54) is 18.9 Å². The van der Waals surface area contributed by atoms with Crippen molar-refractivity contribution in [1.82, 2.24) is 20.6 Å². The highest BCUT2D eigenvalue weighted by atomic mass is 16.6. The second-order valence-corrected chi connectivity index (χ2v) is 8.65. The maximum Gasteiger partial charge on any atom is 0.257 e. The number of carbonyl (C=O) groups is 1. The molecule has 4 rings (SSSR count). The molecule has 1 aliphatic rings. The van der Waals surface area contributed by atoms with Crippen LogP contribution in [0.25, 0.3) is 6.08 Å². The van der Waals surface area contributed by atoms with Crippen molar-refractivity contribution in [3.8, 4) is 17.2 Å². The third kappa shape index (κ3) is 5.60. The summed E-state index contributed by atoms with van der Waals surface area (Å²) in [7, 11) is 0. The van der Waals surface area contributed by atoms with E-state index in [-0.39, 0.29) is 24.0 Å². The Morgan fingerprint density at radius 1 is 1.24 bits per heavy atom. The summed E-state index contributed by atoms with van der Waals surface area (Å²) in [5.74, 6) is 2.10. The number of nitrogens with one attached hydrogen (secondary N) is 1. The second-order valence-electron chi connectivity index (χ2n) is 8.65. The van der Waals surface area contributed by atoms with E-state index >= 15 is 0 Å². The Labute approximate surface area is 198 Å². The van der Waals surface area contributed by atoms with Crippen molar-refractivity contribution < 1.29 is 19.0 Å². The first-order valence-electron chi connectivity index (χ1n) is 11.4. The highest BCUT2D eigenvalue weighted by Gasteiger charge is 2.41. The Kier molecular flexibility index (Phi) is 7.22. The number of hydrogen-bond acceptors (Lipinski definition) is 8. The Morgan fingerprint density at radius 3 is 2.79 bits per heavy atom. The van der Waals surface area contributed by atoms with Crippen LogP contribution in [0.3, 0.4) is 0 Å². The van der Waals surface area contributed by atoms with Gasteiger partial charge in [0, 0.05) is 0 Å². The molecular formula is C25H29N5O4. The van der Waals surface area contributed by atoms with E-state index < -0.39 is 5.72 Å². The number of benzene rings is 2. The Bertz CT molecular complexity index is 1130. The number of ether oxygens (including phenoxy) is 3. The summed E-state index contributed by atoms with van der Waals surface area (Å²) in [6.07, 6.45) is 6.65. The van der Waals surface area contributed by atoms with Crippen molar-refractivity contribution in [2.75, 3.05) is 13.2 Å². The van der Waals surface area contributed by atoms with E-state index in [2.05, 4.69) is 34.5 Å². The van der Waals surface area contributed by atoms with Crippen molar-refractivity contribution in [1.29, 1.82) is 0 Å². The first-order valence-corrected chi connectivity index (χ1v) is 11.4. The van der Waals surface area contributed by atoms with Gasteiger partial charge in [0.05, 0.1) is 12.2 Å². The monoisotopic (exact) mass is 463 g/mol. The number of fused-ring (bicyclic) bond motifs is 1. The van der Waals surface area contributed by atoms with E-state index in [9.17, 15) is 4.79 Å². The van der Waals surface area contributed by atoms with Crippen molar-refractivity contribution in [3.05, 3.63) is 65.5 Å². The van der Waals surface area contributed by atoms with Crippen molar-refractivity contribution in [3.63, 3.8) is 0 Å². The molecule has 1 unspecified atom stereocenters. The van der Waals surface area contributed by atoms with Crippen LogP contribution in [0.4, 0.5) is 0 Å². The quantitative estimate of drug-likeness (QED) is 0.264. The molecule has 9 heteroatoms. The fraction of sp³-hybridized carbons (Fsp3) is 0.360. The lowest BCUT2D eigenvalue weighted by atomic mass is 10.1. The van der Waals surface area contributed by atoms with Crippen molar-refractivity contribution in [2.45, 2.75) is 38.8 Å². The van der Waals surface area contributed by atoms with Crippen LogP contribution in [-0.2, 0) is 5.72 Å². The molecule has 0 bridgehead atoms. The zero-order valence-corrected chi connectivity index (χ0v) is 19.4. The van der Waals surface area contributed by atoms with Gasteiger partial charge in [-0.3, -0.25) is 10.5 Å². The number of nitrogens with two attached hydrogens (primary N) is 1. The molecule has 0 radical (unpaired) electrons. The molecule has 178 valence electrons. The molecule has 9 nitrogen and oxygen atoms in total. The van der Waals surface area contributed by atoms with Crippen LogP contribution >= 0.6 is 0 Å². The zero-order valence-electron chi connectivity index (χ0n) is 19.4. The van der Waals surface area contributed by atoms with Gasteiger partial charge in [-0.15, -0.1) is 10.2 Å².